The highest BCUT2D eigenvalue weighted by atomic mass is 127. The fraction of sp³-hybridized carbons (Fsp3) is 0.316. The maximum absolute atomic E-state index is 11.8. The molecule has 0 heterocycles. The Morgan fingerprint density at radius 3 is 2.11 bits per heavy atom. The second kappa shape index (κ2) is 10.4. The van der Waals surface area contributed by atoms with Crippen LogP contribution in [-0.2, 0) is 16.0 Å². The van der Waals surface area contributed by atoms with Crippen LogP contribution < -0.4 is 14.8 Å². The largest absolute Gasteiger partial charge is 0.495 e. The van der Waals surface area contributed by atoms with Crippen molar-refractivity contribution in [1.82, 2.24) is 5.32 Å². The fourth-order valence-corrected chi connectivity index (χ4v) is 5.73. The Hall–Kier alpha value is -0.340. The van der Waals surface area contributed by atoms with Crippen molar-refractivity contribution in [3.63, 3.8) is 0 Å². The monoisotopic (exact) mass is 707 g/mol. The molecule has 2 aromatic carbocycles. The SMILES string of the molecule is CNC(Cc1cc(C)c(Oc2cc(I)c(OC)c(I)c2)c(I)c1)C(=O)OC. The lowest BCUT2D eigenvalue weighted by Gasteiger charge is -2.17. The Kier molecular flexibility index (Phi) is 8.87. The maximum atomic E-state index is 11.8. The van der Waals surface area contributed by atoms with Gasteiger partial charge < -0.3 is 19.5 Å². The zero-order valence-electron chi connectivity index (χ0n) is 15.4. The number of likely N-dealkylation sites (N-methyl/N-ethyl adjacent to an activating group) is 1. The highest BCUT2D eigenvalue weighted by Gasteiger charge is 2.19. The number of esters is 1. The molecule has 146 valence electrons. The van der Waals surface area contributed by atoms with Crippen LogP contribution in [0.5, 0.6) is 17.2 Å². The van der Waals surface area contributed by atoms with Gasteiger partial charge in [0, 0.05) is 0 Å². The summed E-state index contributed by atoms with van der Waals surface area (Å²) in [7, 11) is 4.82. The molecule has 5 nitrogen and oxygen atoms in total. The molecule has 0 fully saturated rings. The molecular weight excluding hydrogens is 687 g/mol. The van der Waals surface area contributed by atoms with Crippen molar-refractivity contribution in [2.75, 3.05) is 21.3 Å². The van der Waals surface area contributed by atoms with Crippen LogP contribution in [0.25, 0.3) is 0 Å². The van der Waals surface area contributed by atoms with Gasteiger partial charge in [-0.15, -0.1) is 0 Å². The summed E-state index contributed by atoms with van der Waals surface area (Å²) < 4.78 is 19.4. The lowest BCUT2D eigenvalue weighted by atomic mass is 10.0. The van der Waals surface area contributed by atoms with Crippen LogP contribution in [0.15, 0.2) is 24.3 Å². The van der Waals surface area contributed by atoms with E-state index in [4.69, 9.17) is 14.2 Å². The smallest absolute Gasteiger partial charge is 0.323 e. The number of aryl methyl sites for hydroxylation is 1. The van der Waals surface area contributed by atoms with E-state index in [1.807, 2.05) is 31.2 Å². The Balaban J connectivity index is 2.28. The first-order chi connectivity index (χ1) is 12.8. The highest BCUT2D eigenvalue weighted by Crippen LogP contribution is 2.36. The third kappa shape index (κ3) is 5.82. The minimum absolute atomic E-state index is 0.270. The number of carbonyl (C=O) groups excluding carboxylic acids is 1. The zero-order chi connectivity index (χ0) is 20.1. The van der Waals surface area contributed by atoms with Crippen LogP contribution in [0.4, 0.5) is 0 Å². The molecule has 1 atom stereocenters. The quantitative estimate of drug-likeness (QED) is 0.328. The lowest BCUT2D eigenvalue weighted by molar-refractivity contribution is -0.142. The second-order valence-electron chi connectivity index (χ2n) is 5.81. The number of rotatable bonds is 7. The Morgan fingerprint density at radius 2 is 1.63 bits per heavy atom. The molecule has 0 saturated carbocycles. The Morgan fingerprint density at radius 1 is 1.04 bits per heavy atom. The van der Waals surface area contributed by atoms with E-state index in [-0.39, 0.29) is 12.0 Å². The second-order valence-corrected chi connectivity index (χ2v) is 9.30. The highest BCUT2D eigenvalue weighted by molar-refractivity contribution is 14.1. The molecule has 1 N–H and O–H groups in total. The van der Waals surface area contributed by atoms with Gasteiger partial charge in [0.2, 0.25) is 0 Å². The third-order valence-corrected chi connectivity index (χ3v) is 6.36. The van der Waals surface area contributed by atoms with Gasteiger partial charge in [0.25, 0.3) is 0 Å². The van der Waals surface area contributed by atoms with Crippen LogP contribution in [0, 0.1) is 17.6 Å². The fourth-order valence-electron chi connectivity index (χ4n) is 2.64. The number of methoxy groups -OCH3 is 2. The van der Waals surface area contributed by atoms with Gasteiger partial charge in [-0.1, -0.05) is 6.07 Å². The van der Waals surface area contributed by atoms with E-state index in [0.29, 0.717) is 6.42 Å². The van der Waals surface area contributed by atoms with Crippen LogP contribution in [0.2, 0.25) is 0 Å². The van der Waals surface area contributed by atoms with Gasteiger partial charge in [-0.3, -0.25) is 4.79 Å². The lowest BCUT2D eigenvalue weighted by Crippen LogP contribution is -2.36. The van der Waals surface area contributed by atoms with Crippen molar-refractivity contribution in [2.24, 2.45) is 0 Å². The molecular formula is C19H20I3NO4. The van der Waals surface area contributed by atoms with Crippen LogP contribution in [0.1, 0.15) is 11.1 Å². The molecule has 0 aliphatic heterocycles. The van der Waals surface area contributed by atoms with Gasteiger partial charge in [-0.25, -0.2) is 0 Å². The van der Waals surface area contributed by atoms with E-state index in [0.717, 1.165) is 39.1 Å². The first-order valence-electron chi connectivity index (χ1n) is 8.05. The standard InChI is InChI=1S/C19H20I3NO4/c1-10-5-11(7-16(23-2)19(24)26-4)6-13(20)17(10)27-12-8-14(21)18(25-3)15(22)9-12/h5-6,8-9,16,23H,7H2,1-4H3. The summed E-state index contributed by atoms with van der Waals surface area (Å²) in [5.74, 6) is 2.16. The van der Waals surface area contributed by atoms with Gasteiger partial charge in [0.05, 0.1) is 24.9 Å². The van der Waals surface area contributed by atoms with E-state index in [9.17, 15) is 4.79 Å². The molecule has 2 rings (SSSR count). The molecule has 0 aromatic heterocycles. The molecule has 0 bridgehead atoms. The minimum atomic E-state index is -0.373. The van der Waals surface area contributed by atoms with Gasteiger partial charge in [0.15, 0.2) is 0 Å². The first-order valence-corrected chi connectivity index (χ1v) is 11.3. The predicted molar refractivity (Wildman–Crippen MR) is 131 cm³/mol. The van der Waals surface area contributed by atoms with Crippen molar-refractivity contribution < 1.29 is 19.0 Å². The van der Waals surface area contributed by atoms with Crippen LogP contribution in [0.3, 0.4) is 0 Å². The first kappa shape index (κ1) is 22.9. The summed E-state index contributed by atoms with van der Waals surface area (Å²) in [5.41, 5.74) is 2.06. The normalized spacial score (nSPS) is 11.8. The van der Waals surface area contributed by atoms with Crippen LogP contribution >= 0.6 is 67.8 Å². The van der Waals surface area contributed by atoms with Gasteiger partial charge in [-0.2, -0.15) is 0 Å². The van der Waals surface area contributed by atoms with Crippen molar-refractivity contribution in [3.8, 4) is 17.2 Å². The Bertz CT molecular complexity index is 796. The number of carbonyl (C=O) groups is 1. The molecule has 0 aliphatic rings. The molecule has 0 radical (unpaired) electrons. The van der Waals surface area contributed by atoms with Gasteiger partial charge >= 0.3 is 5.97 Å². The summed E-state index contributed by atoms with van der Waals surface area (Å²) in [5, 5.41) is 3.00. The van der Waals surface area contributed by atoms with E-state index < -0.39 is 0 Å². The van der Waals surface area contributed by atoms with E-state index >= 15 is 0 Å². The molecule has 2 aromatic rings. The number of nitrogens with one attached hydrogen (secondary N) is 1. The number of hydrogen-bond donors (Lipinski definition) is 1. The third-order valence-electron chi connectivity index (χ3n) is 3.96. The van der Waals surface area contributed by atoms with Gasteiger partial charge in [-0.05, 0) is 117 Å². The number of halogens is 3. The number of hydrogen-bond acceptors (Lipinski definition) is 5. The summed E-state index contributed by atoms with van der Waals surface area (Å²) in [4.78, 5) is 11.8. The average molecular weight is 707 g/mol. The number of ether oxygens (including phenoxy) is 3. The Labute approximate surface area is 200 Å². The van der Waals surface area contributed by atoms with Crippen molar-refractivity contribution in [3.05, 3.63) is 46.1 Å². The number of benzene rings is 2. The summed E-state index contributed by atoms with van der Waals surface area (Å²) in [6.45, 7) is 2.01. The maximum Gasteiger partial charge on any atom is 0.323 e. The molecule has 27 heavy (non-hydrogen) atoms. The van der Waals surface area contributed by atoms with E-state index in [2.05, 4.69) is 73.1 Å². The van der Waals surface area contributed by atoms with Gasteiger partial charge in [0.1, 0.15) is 23.3 Å². The average Bonchev–Trinajstić information content (AvgIpc) is 2.62. The predicted octanol–water partition coefficient (Wildman–Crippen LogP) is 4.91. The summed E-state index contributed by atoms with van der Waals surface area (Å²) in [6, 6.07) is 7.63. The molecule has 8 heteroatoms. The molecule has 0 aliphatic carbocycles. The minimum Gasteiger partial charge on any atom is -0.495 e. The van der Waals surface area contributed by atoms with Crippen molar-refractivity contribution in [1.29, 1.82) is 0 Å². The van der Waals surface area contributed by atoms with Crippen molar-refractivity contribution >= 4 is 73.7 Å². The zero-order valence-corrected chi connectivity index (χ0v) is 21.8. The van der Waals surface area contributed by atoms with E-state index in [1.54, 1.807) is 14.2 Å². The van der Waals surface area contributed by atoms with Crippen LogP contribution in [-0.4, -0.2) is 33.3 Å². The molecule has 0 amide bonds. The van der Waals surface area contributed by atoms with Crippen molar-refractivity contribution in [2.45, 2.75) is 19.4 Å². The summed E-state index contributed by atoms with van der Waals surface area (Å²) >= 11 is 6.75. The molecule has 0 saturated heterocycles. The topological polar surface area (TPSA) is 56.8 Å². The summed E-state index contributed by atoms with van der Waals surface area (Å²) in [6.07, 6.45) is 0.554. The molecule has 0 spiro atoms. The molecule has 1 unspecified atom stereocenters. The van der Waals surface area contributed by atoms with E-state index in [1.165, 1.54) is 7.11 Å².